The van der Waals surface area contributed by atoms with Gasteiger partial charge < -0.3 is 9.64 Å². The Morgan fingerprint density at radius 3 is 2.64 bits per heavy atom. The Kier molecular flexibility index (Phi) is 4.62. The molecule has 0 N–H and O–H groups in total. The Morgan fingerprint density at radius 1 is 1.00 bits per heavy atom. The van der Waals surface area contributed by atoms with Crippen LogP contribution in [-0.4, -0.2) is 31.3 Å². The van der Waals surface area contributed by atoms with Crippen LogP contribution in [0.2, 0.25) is 0 Å². The molecule has 1 aromatic heterocycles. The van der Waals surface area contributed by atoms with E-state index in [0.29, 0.717) is 0 Å². The van der Waals surface area contributed by atoms with Crippen molar-refractivity contribution in [3.8, 4) is 11.3 Å². The van der Waals surface area contributed by atoms with Crippen molar-refractivity contribution in [1.82, 2.24) is 4.98 Å². The van der Waals surface area contributed by atoms with Gasteiger partial charge in [0.1, 0.15) is 0 Å². The molecule has 4 rings (SSSR count). The summed E-state index contributed by atoms with van der Waals surface area (Å²) >= 11 is 1.72. The molecule has 3 nitrogen and oxygen atoms in total. The van der Waals surface area contributed by atoms with Crippen LogP contribution in [0.3, 0.4) is 0 Å². The van der Waals surface area contributed by atoms with Crippen LogP contribution in [-0.2, 0) is 4.74 Å². The van der Waals surface area contributed by atoms with Gasteiger partial charge in [-0.2, -0.15) is 0 Å². The summed E-state index contributed by atoms with van der Waals surface area (Å²) in [5.74, 6) is 0. The van der Waals surface area contributed by atoms with E-state index < -0.39 is 0 Å². The fourth-order valence-corrected chi connectivity index (χ4v) is 3.62. The highest BCUT2D eigenvalue weighted by molar-refractivity contribution is 7.14. The quantitative estimate of drug-likeness (QED) is 0.702. The van der Waals surface area contributed by atoms with Gasteiger partial charge in [-0.3, -0.25) is 0 Å². The molecule has 0 saturated carbocycles. The highest BCUT2D eigenvalue weighted by atomic mass is 35.5. The number of aromatic nitrogens is 1. The molecule has 0 aliphatic carbocycles. The van der Waals surface area contributed by atoms with Crippen LogP contribution < -0.4 is 4.90 Å². The standard InChI is InChI=1S/C17H16N2OS.ClH/c1-2-6-14-13(4-1)5-3-7-15(14)16-12-21-17(18-16)19-8-10-20-11-9-19;/h1-7,12H,8-11H2;1H. The summed E-state index contributed by atoms with van der Waals surface area (Å²) in [4.78, 5) is 7.15. The molecule has 2 heterocycles. The Balaban J connectivity index is 0.00000144. The molecule has 5 heteroatoms. The predicted octanol–water partition coefficient (Wildman–Crippen LogP) is 4.22. The molecule has 1 aliphatic heterocycles. The second kappa shape index (κ2) is 6.65. The maximum absolute atomic E-state index is 5.41. The van der Waals surface area contributed by atoms with Gasteiger partial charge in [0.15, 0.2) is 5.13 Å². The predicted molar refractivity (Wildman–Crippen MR) is 95.3 cm³/mol. The molecule has 1 aliphatic rings. The molecule has 1 saturated heterocycles. The van der Waals surface area contributed by atoms with E-state index in [9.17, 15) is 0 Å². The van der Waals surface area contributed by atoms with Gasteiger partial charge in [-0.25, -0.2) is 4.98 Å². The molecule has 3 aromatic rings. The third-order valence-corrected chi connectivity index (χ3v) is 4.74. The number of rotatable bonds is 2. The topological polar surface area (TPSA) is 25.4 Å². The lowest BCUT2D eigenvalue weighted by molar-refractivity contribution is 0.122. The van der Waals surface area contributed by atoms with Gasteiger partial charge in [-0.1, -0.05) is 42.5 Å². The Bertz CT molecular complexity index is 763. The number of benzene rings is 2. The van der Waals surface area contributed by atoms with Gasteiger partial charge in [0, 0.05) is 24.0 Å². The summed E-state index contributed by atoms with van der Waals surface area (Å²) in [6, 6.07) is 14.9. The monoisotopic (exact) mass is 332 g/mol. The van der Waals surface area contributed by atoms with Crippen LogP contribution in [0, 0.1) is 0 Å². The van der Waals surface area contributed by atoms with E-state index in [2.05, 4.69) is 52.7 Å². The second-order valence-electron chi connectivity index (χ2n) is 5.14. The highest BCUT2D eigenvalue weighted by Gasteiger charge is 2.15. The fourth-order valence-electron chi connectivity index (χ4n) is 2.74. The smallest absolute Gasteiger partial charge is 0.186 e. The van der Waals surface area contributed by atoms with Crippen molar-refractivity contribution in [2.45, 2.75) is 0 Å². The summed E-state index contributed by atoms with van der Waals surface area (Å²) in [5.41, 5.74) is 2.28. The third kappa shape index (κ3) is 2.82. The Hall–Kier alpha value is -1.62. The number of ether oxygens (including phenoxy) is 1. The maximum atomic E-state index is 5.41. The Labute approximate surface area is 140 Å². The summed E-state index contributed by atoms with van der Waals surface area (Å²) in [6.07, 6.45) is 0. The number of thiazole rings is 1. The first-order valence-corrected chi connectivity index (χ1v) is 8.06. The van der Waals surface area contributed by atoms with E-state index >= 15 is 0 Å². The van der Waals surface area contributed by atoms with Gasteiger partial charge in [-0.15, -0.1) is 23.7 Å². The molecule has 0 unspecified atom stereocenters. The average Bonchev–Trinajstić information content (AvgIpc) is 3.05. The van der Waals surface area contributed by atoms with Crippen LogP contribution in [0.1, 0.15) is 0 Å². The van der Waals surface area contributed by atoms with Crippen LogP contribution in [0.5, 0.6) is 0 Å². The molecule has 0 atom stereocenters. The fraction of sp³-hybridized carbons (Fsp3) is 0.235. The van der Waals surface area contributed by atoms with E-state index in [1.165, 1.54) is 16.3 Å². The first-order valence-electron chi connectivity index (χ1n) is 7.18. The number of nitrogens with zero attached hydrogens (tertiary/aromatic N) is 2. The molecular weight excluding hydrogens is 316 g/mol. The molecule has 1 fully saturated rings. The molecule has 0 bridgehead atoms. The second-order valence-corrected chi connectivity index (χ2v) is 5.98. The summed E-state index contributed by atoms with van der Waals surface area (Å²) in [7, 11) is 0. The van der Waals surface area contributed by atoms with Crippen LogP contribution in [0.4, 0.5) is 5.13 Å². The van der Waals surface area contributed by atoms with Gasteiger partial charge in [0.05, 0.1) is 18.9 Å². The van der Waals surface area contributed by atoms with E-state index in [1.807, 2.05) is 0 Å². The summed E-state index contributed by atoms with van der Waals surface area (Å²) < 4.78 is 5.41. The van der Waals surface area contributed by atoms with Crippen LogP contribution >= 0.6 is 23.7 Å². The van der Waals surface area contributed by atoms with Gasteiger partial charge in [0.2, 0.25) is 0 Å². The SMILES string of the molecule is Cl.c1ccc2c(-c3csc(N4CCOCC4)n3)cccc2c1. The van der Waals surface area contributed by atoms with Crippen molar-refractivity contribution >= 4 is 39.6 Å². The summed E-state index contributed by atoms with van der Waals surface area (Å²) in [5, 5.41) is 5.78. The highest BCUT2D eigenvalue weighted by Crippen LogP contribution is 2.32. The molecule has 114 valence electrons. The normalized spacial score (nSPS) is 14.8. The molecule has 0 amide bonds. The van der Waals surface area contributed by atoms with E-state index in [4.69, 9.17) is 9.72 Å². The van der Waals surface area contributed by atoms with Gasteiger partial charge in [0.25, 0.3) is 0 Å². The van der Waals surface area contributed by atoms with Crippen molar-refractivity contribution < 1.29 is 4.74 Å². The van der Waals surface area contributed by atoms with E-state index in [-0.39, 0.29) is 12.4 Å². The van der Waals surface area contributed by atoms with Crippen molar-refractivity contribution in [3.63, 3.8) is 0 Å². The average molecular weight is 333 g/mol. The lowest BCUT2D eigenvalue weighted by Gasteiger charge is -2.26. The maximum Gasteiger partial charge on any atom is 0.186 e. The number of hydrogen-bond acceptors (Lipinski definition) is 4. The number of morpholine rings is 1. The number of hydrogen-bond donors (Lipinski definition) is 0. The van der Waals surface area contributed by atoms with Crippen LogP contribution in [0.25, 0.3) is 22.0 Å². The van der Waals surface area contributed by atoms with Gasteiger partial charge >= 0.3 is 0 Å². The third-order valence-electron chi connectivity index (χ3n) is 3.84. The largest absolute Gasteiger partial charge is 0.378 e. The lowest BCUT2D eigenvalue weighted by atomic mass is 10.0. The number of fused-ring (bicyclic) bond motifs is 1. The first kappa shape index (κ1) is 15.3. The zero-order valence-electron chi connectivity index (χ0n) is 12.1. The summed E-state index contributed by atoms with van der Waals surface area (Å²) in [6.45, 7) is 3.46. The number of anilines is 1. The lowest BCUT2D eigenvalue weighted by Crippen LogP contribution is -2.36. The first-order chi connectivity index (χ1) is 10.4. The van der Waals surface area contributed by atoms with Gasteiger partial charge in [-0.05, 0) is 10.8 Å². The van der Waals surface area contributed by atoms with Crippen molar-refractivity contribution in [2.75, 3.05) is 31.2 Å². The van der Waals surface area contributed by atoms with Crippen molar-refractivity contribution in [2.24, 2.45) is 0 Å². The molecular formula is C17H17ClN2OS. The molecule has 2 aromatic carbocycles. The Morgan fingerprint density at radius 2 is 1.77 bits per heavy atom. The van der Waals surface area contributed by atoms with E-state index in [0.717, 1.165) is 37.1 Å². The molecule has 22 heavy (non-hydrogen) atoms. The van der Waals surface area contributed by atoms with Crippen LogP contribution in [0.15, 0.2) is 47.8 Å². The zero-order valence-corrected chi connectivity index (χ0v) is 13.7. The van der Waals surface area contributed by atoms with E-state index in [1.54, 1.807) is 11.3 Å². The minimum atomic E-state index is 0. The number of halogens is 1. The van der Waals surface area contributed by atoms with Crippen molar-refractivity contribution in [3.05, 3.63) is 47.8 Å². The van der Waals surface area contributed by atoms with Crippen molar-refractivity contribution in [1.29, 1.82) is 0 Å². The minimum Gasteiger partial charge on any atom is -0.378 e. The molecule has 0 spiro atoms. The zero-order chi connectivity index (χ0) is 14.1. The minimum absolute atomic E-state index is 0. The molecule has 0 radical (unpaired) electrons.